The van der Waals surface area contributed by atoms with Crippen LogP contribution in [-0.4, -0.2) is 36.6 Å². The van der Waals surface area contributed by atoms with Crippen LogP contribution in [0.4, 0.5) is 5.69 Å². The van der Waals surface area contributed by atoms with Crippen molar-refractivity contribution in [1.29, 1.82) is 0 Å². The summed E-state index contributed by atoms with van der Waals surface area (Å²) < 4.78 is 5.56. The van der Waals surface area contributed by atoms with E-state index in [1.165, 1.54) is 6.21 Å². The molecule has 3 amide bonds. The molecule has 0 bridgehead atoms. The maximum Gasteiger partial charge on any atom is 0.329 e. The zero-order chi connectivity index (χ0) is 22.8. The highest BCUT2D eigenvalue weighted by Crippen LogP contribution is 2.19. The Hall–Kier alpha value is -3.68. The third kappa shape index (κ3) is 7.58. The zero-order valence-corrected chi connectivity index (χ0v) is 18.2. The standard InChI is InChI=1S/C23H28N4O4/c1-5-17(4)25-22(29)23(30)27-24-13-18-10-7-11-19(12-18)31-14-20(28)26-21-15(2)8-6-9-16(21)3/h6-13,17H,5,14H2,1-4H3,(H,25,29)(H,26,28)(H,27,30)/b24-13-/t17-/m0/s1. The van der Waals surface area contributed by atoms with Gasteiger partial charge in [0.05, 0.1) is 6.21 Å². The Morgan fingerprint density at radius 1 is 1.06 bits per heavy atom. The summed E-state index contributed by atoms with van der Waals surface area (Å²) in [6.45, 7) is 7.42. The topological polar surface area (TPSA) is 109 Å². The number of hydrogen-bond acceptors (Lipinski definition) is 5. The molecule has 3 N–H and O–H groups in total. The van der Waals surface area contributed by atoms with Crippen molar-refractivity contribution >= 4 is 29.6 Å². The van der Waals surface area contributed by atoms with Crippen molar-refractivity contribution < 1.29 is 19.1 Å². The molecule has 0 spiro atoms. The average molecular weight is 425 g/mol. The van der Waals surface area contributed by atoms with Crippen molar-refractivity contribution in [2.45, 2.75) is 40.2 Å². The summed E-state index contributed by atoms with van der Waals surface area (Å²) in [6.07, 6.45) is 2.11. The van der Waals surface area contributed by atoms with Gasteiger partial charge in [0.1, 0.15) is 5.75 Å². The average Bonchev–Trinajstić information content (AvgIpc) is 2.75. The number of carbonyl (C=O) groups excluding carboxylic acids is 3. The van der Waals surface area contributed by atoms with Crippen molar-refractivity contribution in [3.8, 4) is 5.75 Å². The molecule has 0 heterocycles. The highest BCUT2D eigenvalue weighted by Gasteiger charge is 2.14. The maximum absolute atomic E-state index is 12.2. The first-order chi connectivity index (χ1) is 14.8. The van der Waals surface area contributed by atoms with Crippen molar-refractivity contribution in [3.05, 3.63) is 59.2 Å². The van der Waals surface area contributed by atoms with Crippen molar-refractivity contribution in [3.63, 3.8) is 0 Å². The molecular formula is C23H28N4O4. The minimum atomic E-state index is -0.841. The SMILES string of the molecule is CC[C@H](C)NC(=O)C(=O)N/N=C\c1cccc(OCC(=O)Nc2c(C)cccc2C)c1. The van der Waals surface area contributed by atoms with Gasteiger partial charge in [0, 0.05) is 11.7 Å². The van der Waals surface area contributed by atoms with Crippen molar-refractivity contribution in [1.82, 2.24) is 10.7 Å². The van der Waals surface area contributed by atoms with Gasteiger partial charge in [-0.05, 0) is 56.0 Å². The van der Waals surface area contributed by atoms with Crippen LogP contribution in [0.2, 0.25) is 0 Å². The van der Waals surface area contributed by atoms with Crippen LogP contribution in [0.5, 0.6) is 5.75 Å². The molecule has 0 aliphatic heterocycles. The highest BCUT2D eigenvalue weighted by molar-refractivity contribution is 6.35. The molecule has 0 saturated heterocycles. The first kappa shape index (κ1) is 23.6. The van der Waals surface area contributed by atoms with Crippen LogP contribution in [0.15, 0.2) is 47.6 Å². The molecule has 0 radical (unpaired) electrons. The first-order valence-electron chi connectivity index (χ1n) is 10.0. The van der Waals surface area contributed by atoms with Gasteiger partial charge in [-0.15, -0.1) is 0 Å². The molecule has 0 aromatic heterocycles. The van der Waals surface area contributed by atoms with Gasteiger partial charge in [0.25, 0.3) is 5.91 Å². The smallest absolute Gasteiger partial charge is 0.329 e. The number of aryl methyl sites for hydroxylation is 2. The van der Waals surface area contributed by atoms with Gasteiger partial charge in [0.2, 0.25) is 0 Å². The minimum absolute atomic E-state index is 0.0945. The maximum atomic E-state index is 12.2. The number of benzene rings is 2. The van der Waals surface area contributed by atoms with E-state index in [4.69, 9.17) is 4.74 Å². The molecule has 0 unspecified atom stereocenters. The number of anilines is 1. The van der Waals surface area contributed by atoms with Crippen LogP contribution in [0.1, 0.15) is 37.0 Å². The van der Waals surface area contributed by atoms with Gasteiger partial charge in [-0.25, -0.2) is 5.43 Å². The van der Waals surface area contributed by atoms with E-state index in [0.717, 1.165) is 23.2 Å². The highest BCUT2D eigenvalue weighted by atomic mass is 16.5. The molecule has 8 heteroatoms. The summed E-state index contributed by atoms with van der Waals surface area (Å²) in [7, 11) is 0. The molecule has 1 atom stereocenters. The predicted octanol–water partition coefficient (Wildman–Crippen LogP) is 2.69. The number of amides is 3. The third-order valence-electron chi connectivity index (χ3n) is 4.55. The normalized spacial score (nSPS) is 11.6. The number of nitrogens with zero attached hydrogens (tertiary/aromatic N) is 1. The molecule has 2 aromatic carbocycles. The lowest BCUT2D eigenvalue weighted by Crippen LogP contribution is -2.41. The van der Waals surface area contributed by atoms with Gasteiger partial charge in [0.15, 0.2) is 6.61 Å². The van der Waals surface area contributed by atoms with Gasteiger partial charge < -0.3 is 15.4 Å². The largest absolute Gasteiger partial charge is 0.484 e. The first-order valence-corrected chi connectivity index (χ1v) is 10.0. The fraction of sp³-hybridized carbons (Fsp3) is 0.304. The Bertz CT molecular complexity index is 952. The lowest BCUT2D eigenvalue weighted by molar-refractivity contribution is -0.139. The molecule has 164 valence electrons. The monoisotopic (exact) mass is 424 g/mol. The molecule has 8 nitrogen and oxygen atoms in total. The third-order valence-corrected chi connectivity index (χ3v) is 4.55. The van der Waals surface area contributed by atoms with Gasteiger partial charge in [-0.2, -0.15) is 5.10 Å². The summed E-state index contributed by atoms with van der Waals surface area (Å²) >= 11 is 0. The summed E-state index contributed by atoms with van der Waals surface area (Å²) in [5.74, 6) is -1.37. The van der Waals surface area contributed by atoms with E-state index in [0.29, 0.717) is 11.3 Å². The lowest BCUT2D eigenvalue weighted by atomic mass is 10.1. The summed E-state index contributed by atoms with van der Waals surface area (Å²) in [5.41, 5.74) is 5.55. The van der Waals surface area contributed by atoms with Crippen LogP contribution in [0, 0.1) is 13.8 Å². The van der Waals surface area contributed by atoms with Crippen molar-refractivity contribution in [2.75, 3.05) is 11.9 Å². The Morgan fingerprint density at radius 2 is 1.74 bits per heavy atom. The summed E-state index contributed by atoms with van der Waals surface area (Å²) in [5, 5.41) is 9.21. The van der Waals surface area contributed by atoms with Gasteiger partial charge >= 0.3 is 11.8 Å². The van der Waals surface area contributed by atoms with Crippen LogP contribution < -0.4 is 20.8 Å². The molecule has 0 saturated carbocycles. The number of ether oxygens (including phenoxy) is 1. The number of hydrogen-bond donors (Lipinski definition) is 3. The number of nitrogens with one attached hydrogen (secondary N) is 3. The molecule has 2 aromatic rings. The predicted molar refractivity (Wildman–Crippen MR) is 120 cm³/mol. The van der Waals surface area contributed by atoms with E-state index < -0.39 is 11.8 Å². The number of para-hydroxylation sites is 1. The van der Waals surface area contributed by atoms with E-state index in [2.05, 4.69) is 21.2 Å². The van der Waals surface area contributed by atoms with E-state index in [9.17, 15) is 14.4 Å². The molecule has 31 heavy (non-hydrogen) atoms. The molecule has 2 rings (SSSR count). The van der Waals surface area contributed by atoms with Gasteiger partial charge in [-0.1, -0.05) is 37.3 Å². The Morgan fingerprint density at radius 3 is 2.42 bits per heavy atom. The Balaban J connectivity index is 1.87. The fourth-order valence-corrected chi connectivity index (χ4v) is 2.63. The van der Waals surface area contributed by atoms with E-state index in [1.807, 2.05) is 45.9 Å². The fourth-order valence-electron chi connectivity index (χ4n) is 2.63. The number of rotatable bonds is 8. The Kier molecular flexibility index (Phi) is 8.75. The second kappa shape index (κ2) is 11.5. The quantitative estimate of drug-likeness (QED) is 0.344. The minimum Gasteiger partial charge on any atom is -0.484 e. The zero-order valence-electron chi connectivity index (χ0n) is 18.2. The van der Waals surface area contributed by atoms with Crippen LogP contribution in [0.3, 0.4) is 0 Å². The second-order valence-electron chi connectivity index (χ2n) is 7.16. The molecule has 0 aliphatic carbocycles. The lowest BCUT2D eigenvalue weighted by Gasteiger charge is -2.12. The van der Waals surface area contributed by atoms with E-state index in [1.54, 1.807) is 24.3 Å². The Labute approximate surface area is 182 Å². The van der Waals surface area contributed by atoms with Gasteiger partial charge in [-0.3, -0.25) is 14.4 Å². The molecule has 0 fully saturated rings. The number of hydrazone groups is 1. The van der Waals surface area contributed by atoms with Crippen LogP contribution in [-0.2, 0) is 14.4 Å². The van der Waals surface area contributed by atoms with Crippen LogP contribution in [0.25, 0.3) is 0 Å². The summed E-state index contributed by atoms with van der Waals surface area (Å²) in [6, 6.07) is 12.6. The molecular weight excluding hydrogens is 396 g/mol. The second-order valence-corrected chi connectivity index (χ2v) is 7.16. The van der Waals surface area contributed by atoms with E-state index in [-0.39, 0.29) is 18.6 Å². The number of carbonyl (C=O) groups is 3. The molecule has 0 aliphatic rings. The van der Waals surface area contributed by atoms with Crippen LogP contribution >= 0.6 is 0 Å². The van der Waals surface area contributed by atoms with Crippen molar-refractivity contribution in [2.24, 2.45) is 5.10 Å². The summed E-state index contributed by atoms with van der Waals surface area (Å²) in [4.78, 5) is 35.6. The van der Waals surface area contributed by atoms with E-state index >= 15 is 0 Å².